The van der Waals surface area contributed by atoms with E-state index in [-0.39, 0.29) is 0 Å². The summed E-state index contributed by atoms with van der Waals surface area (Å²) in [6, 6.07) is 14.5. The van der Waals surface area contributed by atoms with Crippen LogP contribution >= 0.6 is 0 Å². The summed E-state index contributed by atoms with van der Waals surface area (Å²) in [6.45, 7) is 7.76. The van der Waals surface area contributed by atoms with Crippen molar-refractivity contribution in [1.82, 2.24) is 5.32 Å². The summed E-state index contributed by atoms with van der Waals surface area (Å²) in [6.07, 6.45) is 2.47. The summed E-state index contributed by atoms with van der Waals surface area (Å²) >= 11 is 0. The van der Waals surface area contributed by atoms with Gasteiger partial charge in [-0.15, -0.1) is 0 Å². The average Bonchev–Trinajstić information content (AvgIpc) is 2.68. The minimum atomic E-state index is 0.694. The molecule has 0 bridgehead atoms. The second kappa shape index (κ2) is 5.44. The Bertz CT molecular complexity index is 705. The molecule has 1 fully saturated rings. The molecular weight excluding hydrogens is 268 g/mol. The Kier molecular flexibility index (Phi) is 3.42. The van der Waals surface area contributed by atoms with Gasteiger partial charge in [-0.05, 0) is 61.6 Å². The second-order valence-corrected chi connectivity index (χ2v) is 6.75. The third-order valence-electron chi connectivity index (χ3n) is 5.17. The standard InChI is InChI=1S/C20H24N2/c1-14-3-6-19(15(2)11-14)16-4-5-17-12-18-7-8-21-9-10-22(18)20(17)13-16/h3-6,11,13,18,21H,7-10,12H2,1-2H3. The maximum atomic E-state index is 3.53. The van der Waals surface area contributed by atoms with Crippen molar-refractivity contribution in [3.8, 4) is 11.1 Å². The molecule has 2 nitrogen and oxygen atoms in total. The highest BCUT2D eigenvalue weighted by Gasteiger charge is 2.30. The summed E-state index contributed by atoms with van der Waals surface area (Å²) in [4.78, 5) is 2.63. The molecule has 0 radical (unpaired) electrons. The van der Waals surface area contributed by atoms with E-state index in [1.165, 1.54) is 46.3 Å². The number of anilines is 1. The zero-order valence-electron chi connectivity index (χ0n) is 13.5. The number of rotatable bonds is 1. The van der Waals surface area contributed by atoms with Crippen molar-refractivity contribution in [3.05, 3.63) is 53.1 Å². The Morgan fingerprint density at radius 1 is 1.05 bits per heavy atom. The Labute approximate surface area is 133 Å². The number of aryl methyl sites for hydroxylation is 2. The topological polar surface area (TPSA) is 15.3 Å². The number of nitrogens with zero attached hydrogens (tertiary/aromatic N) is 1. The quantitative estimate of drug-likeness (QED) is 0.862. The van der Waals surface area contributed by atoms with E-state index >= 15 is 0 Å². The molecule has 0 amide bonds. The summed E-state index contributed by atoms with van der Waals surface area (Å²) in [5.74, 6) is 0. The molecule has 2 heteroatoms. The highest BCUT2D eigenvalue weighted by molar-refractivity contribution is 5.74. The average molecular weight is 292 g/mol. The maximum absolute atomic E-state index is 3.53. The fraction of sp³-hybridized carbons (Fsp3) is 0.400. The molecule has 114 valence electrons. The molecule has 1 saturated heterocycles. The predicted molar refractivity (Wildman–Crippen MR) is 93.7 cm³/mol. The first-order valence-corrected chi connectivity index (χ1v) is 8.40. The molecule has 2 aromatic rings. The fourth-order valence-corrected chi connectivity index (χ4v) is 4.02. The first-order chi connectivity index (χ1) is 10.7. The van der Waals surface area contributed by atoms with E-state index in [2.05, 4.69) is 60.5 Å². The normalized spacial score (nSPS) is 20.5. The monoisotopic (exact) mass is 292 g/mol. The van der Waals surface area contributed by atoms with Crippen LogP contribution in [0.5, 0.6) is 0 Å². The van der Waals surface area contributed by atoms with E-state index in [0.29, 0.717) is 6.04 Å². The molecule has 22 heavy (non-hydrogen) atoms. The lowest BCUT2D eigenvalue weighted by atomic mass is 9.97. The van der Waals surface area contributed by atoms with Crippen molar-refractivity contribution >= 4 is 5.69 Å². The van der Waals surface area contributed by atoms with Crippen LogP contribution in [0.15, 0.2) is 36.4 Å². The highest BCUT2D eigenvalue weighted by Crippen LogP contribution is 2.37. The van der Waals surface area contributed by atoms with Crippen molar-refractivity contribution < 1.29 is 0 Å². The molecule has 0 aromatic heterocycles. The van der Waals surface area contributed by atoms with Crippen LogP contribution in [0.4, 0.5) is 5.69 Å². The molecule has 0 saturated carbocycles. The van der Waals surface area contributed by atoms with E-state index < -0.39 is 0 Å². The van der Waals surface area contributed by atoms with Gasteiger partial charge in [0.2, 0.25) is 0 Å². The SMILES string of the molecule is Cc1ccc(-c2ccc3c(c2)N2CCNCCC2C3)c(C)c1. The van der Waals surface area contributed by atoms with Gasteiger partial charge in [0.05, 0.1) is 0 Å². The molecule has 1 N–H and O–H groups in total. The van der Waals surface area contributed by atoms with Crippen molar-refractivity contribution in [2.75, 3.05) is 24.5 Å². The van der Waals surface area contributed by atoms with Gasteiger partial charge in [0.1, 0.15) is 0 Å². The maximum Gasteiger partial charge on any atom is 0.0408 e. The van der Waals surface area contributed by atoms with Crippen LogP contribution < -0.4 is 10.2 Å². The van der Waals surface area contributed by atoms with E-state index in [0.717, 1.165) is 19.6 Å². The van der Waals surface area contributed by atoms with Gasteiger partial charge in [-0.25, -0.2) is 0 Å². The number of hydrogen-bond acceptors (Lipinski definition) is 2. The second-order valence-electron chi connectivity index (χ2n) is 6.75. The fourth-order valence-electron chi connectivity index (χ4n) is 4.02. The van der Waals surface area contributed by atoms with Crippen LogP contribution in [0.2, 0.25) is 0 Å². The highest BCUT2D eigenvalue weighted by atomic mass is 15.2. The lowest BCUT2D eigenvalue weighted by Crippen LogP contribution is -2.32. The largest absolute Gasteiger partial charge is 0.367 e. The van der Waals surface area contributed by atoms with Gasteiger partial charge in [0.15, 0.2) is 0 Å². The third kappa shape index (κ3) is 2.32. The van der Waals surface area contributed by atoms with Gasteiger partial charge < -0.3 is 10.2 Å². The van der Waals surface area contributed by atoms with Crippen LogP contribution in [0.25, 0.3) is 11.1 Å². The van der Waals surface area contributed by atoms with Crippen LogP contribution in [0, 0.1) is 13.8 Å². The molecule has 0 aliphatic carbocycles. The van der Waals surface area contributed by atoms with Crippen LogP contribution in [-0.2, 0) is 6.42 Å². The number of nitrogens with one attached hydrogen (secondary N) is 1. The van der Waals surface area contributed by atoms with Crippen molar-refractivity contribution in [2.24, 2.45) is 0 Å². The zero-order chi connectivity index (χ0) is 15.1. The predicted octanol–water partition coefficient (Wildman–Crippen LogP) is 3.69. The summed E-state index contributed by atoms with van der Waals surface area (Å²) in [5.41, 5.74) is 8.42. The Morgan fingerprint density at radius 2 is 1.95 bits per heavy atom. The summed E-state index contributed by atoms with van der Waals surface area (Å²) in [7, 11) is 0. The summed E-state index contributed by atoms with van der Waals surface area (Å²) in [5, 5.41) is 3.53. The lowest BCUT2D eigenvalue weighted by Gasteiger charge is -2.25. The molecule has 2 aliphatic rings. The summed E-state index contributed by atoms with van der Waals surface area (Å²) < 4.78 is 0. The zero-order valence-corrected chi connectivity index (χ0v) is 13.5. The molecular formula is C20H24N2. The van der Waals surface area contributed by atoms with Crippen molar-refractivity contribution in [2.45, 2.75) is 32.7 Å². The molecule has 0 spiro atoms. The van der Waals surface area contributed by atoms with Gasteiger partial charge >= 0.3 is 0 Å². The van der Waals surface area contributed by atoms with E-state index in [9.17, 15) is 0 Å². The van der Waals surface area contributed by atoms with E-state index in [1.54, 1.807) is 0 Å². The molecule has 2 aromatic carbocycles. The van der Waals surface area contributed by atoms with Crippen LogP contribution in [0.1, 0.15) is 23.1 Å². The first kappa shape index (κ1) is 13.8. The molecule has 2 aliphatic heterocycles. The smallest absolute Gasteiger partial charge is 0.0408 e. The Balaban J connectivity index is 1.74. The van der Waals surface area contributed by atoms with Crippen molar-refractivity contribution in [1.29, 1.82) is 0 Å². The van der Waals surface area contributed by atoms with Gasteiger partial charge in [-0.3, -0.25) is 0 Å². The molecule has 1 unspecified atom stereocenters. The van der Waals surface area contributed by atoms with E-state index in [1.807, 2.05) is 0 Å². The van der Waals surface area contributed by atoms with Gasteiger partial charge in [0, 0.05) is 24.8 Å². The number of benzene rings is 2. The van der Waals surface area contributed by atoms with E-state index in [4.69, 9.17) is 0 Å². The minimum absolute atomic E-state index is 0.694. The van der Waals surface area contributed by atoms with Crippen molar-refractivity contribution in [3.63, 3.8) is 0 Å². The first-order valence-electron chi connectivity index (χ1n) is 8.40. The molecule has 4 rings (SSSR count). The Hall–Kier alpha value is -1.80. The van der Waals surface area contributed by atoms with Gasteiger partial charge in [-0.1, -0.05) is 35.9 Å². The van der Waals surface area contributed by atoms with Crippen LogP contribution in [0.3, 0.4) is 0 Å². The van der Waals surface area contributed by atoms with Gasteiger partial charge in [-0.2, -0.15) is 0 Å². The lowest BCUT2D eigenvalue weighted by molar-refractivity contribution is 0.612. The van der Waals surface area contributed by atoms with Crippen LogP contribution in [-0.4, -0.2) is 25.7 Å². The number of fused-ring (bicyclic) bond motifs is 3. The Morgan fingerprint density at radius 3 is 2.82 bits per heavy atom. The number of hydrogen-bond donors (Lipinski definition) is 1. The molecule has 1 atom stereocenters. The third-order valence-corrected chi connectivity index (χ3v) is 5.17. The van der Waals surface area contributed by atoms with Gasteiger partial charge in [0.25, 0.3) is 0 Å². The molecule has 2 heterocycles. The minimum Gasteiger partial charge on any atom is -0.367 e.